The lowest BCUT2D eigenvalue weighted by Gasteiger charge is -2.19. The van der Waals surface area contributed by atoms with E-state index in [1.807, 2.05) is 13.8 Å². The zero-order valence-electron chi connectivity index (χ0n) is 18.1. The van der Waals surface area contributed by atoms with Crippen molar-refractivity contribution in [3.05, 3.63) is 69.8 Å². The van der Waals surface area contributed by atoms with Crippen LogP contribution in [0.3, 0.4) is 0 Å². The second-order valence-corrected chi connectivity index (χ2v) is 7.72. The zero-order valence-corrected chi connectivity index (χ0v) is 18.1. The summed E-state index contributed by atoms with van der Waals surface area (Å²) in [5, 5.41) is 6.59. The van der Waals surface area contributed by atoms with E-state index in [2.05, 4.69) is 50.2 Å². The fraction of sp³-hybridized carbons (Fsp3) is 0.231. The van der Waals surface area contributed by atoms with Crippen LogP contribution in [0.15, 0.2) is 36.4 Å². The SMILES string of the molecule is COC(=O)c1c(C(=O)OC)c(C)c2cc3c(C)c4ccccc4c(C)c3cc2c1C. The molecule has 4 aromatic carbocycles. The molecule has 0 aliphatic heterocycles. The Morgan fingerprint density at radius 1 is 0.567 bits per heavy atom. The van der Waals surface area contributed by atoms with E-state index in [9.17, 15) is 9.59 Å². The molecule has 0 saturated heterocycles. The van der Waals surface area contributed by atoms with Gasteiger partial charge in [-0.1, -0.05) is 24.3 Å². The van der Waals surface area contributed by atoms with Gasteiger partial charge in [0.25, 0.3) is 0 Å². The lowest BCUT2D eigenvalue weighted by Crippen LogP contribution is -2.16. The Labute approximate surface area is 175 Å². The van der Waals surface area contributed by atoms with E-state index >= 15 is 0 Å². The summed E-state index contributed by atoms with van der Waals surface area (Å²) in [5.74, 6) is -1.08. The summed E-state index contributed by atoms with van der Waals surface area (Å²) >= 11 is 0. The number of esters is 2. The van der Waals surface area contributed by atoms with Crippen LogP contribution in [0, 0.1) is 27.7 Å². The summed E-state index contributed by atoms with van der Waals surface area (Å²) in [5.41, 5.74) is 4.36. The number of rotatable bonds is 2. The molecule has 0 saturated carbocycles. The maximum atomic E-state index is 12.6. The molecule has 4 heteroatoms. The van der Waals surface area contributed by atoms with Gasteiger partial charge in [-0.2, -0.15) is 0 Å². The largest absolute Gasteiger partial charge is 0.465 e. The van der Waals surface area contributed by atoms with Gasteiger partial charge in [-0.05, 0) is 94.4 Å². The number of fused-ring (bicyclic) bond motifs is 3. The first-order valence-electron chi connectivity index (χ1n) is 9.87. The van der Waals surface area contributed by atoms with Gasteiger partial charge >= 0.3 is 11.9 Å². The first-order chi connectivity index (χ1) is 14.3. The van der Waals surface area contributed by atoms with E-state index in [0.717, 1.165) is 32.7 Å². The van der Waals surface area contributed by atoms with Crippen molar-refractivity contribution >= 4 is 44.3 Å². The van der Waals surface area contributed by atoms with Crippen LogP contribution in [0.2, 0.25) is 0 Å². The van der Waals surface area contributed by atoms with Crippen molar-refractivity contribution in [1.82, 2.24) is 0 Å². The smallest absolute Gasteiger partial charge is 0.339 e. The van der Waals surface area contributed by atoms with Gasteiger partial charge in [0.2, 0.25) is 0 Å². The van der Waals surface area contributed by atoms with Gasteiger partial charge in [-0.25, -0.2) is 9.59 Å². The van der Waals surface area contributed by atoms with Crippen LogP contribution < -0.4 is 0 Å². The van der Waals surface area contributed by atoms with Crippen molar-refractivity contribution in [3.8, 4) is 0 Å². The Morgan fingerprint density at radius 3 is 1.23 bits per heavy atom. The van der Waals surface area contributed by atoms with E-state index in [-0.39, 0.29) is 11.1 Å². The van der Waals surface area contributed by atoms with E-state index in [1.165, 1.54) is 36.1 Å². The van der Waals surface area contributed by atoms with E-state index < -0.39 is 11.9 Å². The number of ether oxygens (including phenoxy) is 2. The number of carbonyl (C=O) groups excluding carboxylic acids is 2. The molecular formula is C26H24O4. The molecule has 152 valence electrons. The molecule has 0 aliphatic carbocycles. The van der Waals surface area contributed by atoms with Crippen molar-refractivity contribution in [3.63, 3.8) is 0 Å². The third-order valence-corrected chi connectivity index (χ3v) is 6.29. The zero-order chi connectivity index (χ0) is 21.7. The quantitative estimate of drug-likeness (QED) is 0.308. The number of benzene rings is 4. The van der Waals surface area contributed by atoms with Crippen LogP contribution in [-0.4, -0.2) is 26.2 Å². The average Bonchev–Trinajstić information content (AvgIpc) is 2.77. The monoisotopic (exact) mass is 400 g/mol. The highest BCUT2D eigenvalue weighted by Gasteiger charge is 2.26. The minimum atomic E-state index is -0.538. The molecule has 4 aromatic rings. The van der Waals surface area contributed by atoms with Crippen LogP contribution in [0.4, 0.5) is 0 Å². The van der Waals surface area contributed by atoms with Crippen molar-refractivity contribution in [1.29, 1.82) is 0 Å². The Balaban J connectivity index is 2.25. The lowest BCUT2D eigenvalue weighted by atomic mass is 9.86. The normalized spacial score (nSPS) is 11.3. The van der Waals surface area contributed by atoms with Crippen molar-refractivity contribution in [2.24, 2.45) is 0 Å². The molecular weight excluding hydrogens is 376 g/mol. The van der Waals surface area contributed by atoms with E-state index in [1.54, 1.807) is 0 Å². The Bertz CT molecular complexity index is 1270. The second kappa shape index (κ2) is 7.13. The first-order valence-corrected chi connectivity index (χ1v) is 9.87. The van der Waals surface area contributed by atoms with Crippen LogP contribution in [0.25, 0.3) is 32.3 Å². The van der Waals surface area contributed by atoms with Gasteiger partial charge in [0.1, 0.15) is 0 Å². The molecule has 0 spiro atoms. The molecule has 0 amide bonds. The molecule has 0 radical (unpaired) electrons. The van der Waals surface area contributed by atoms with Gasteiger partial charge in [-0.3, -0.25) is 0 Å². The number of methoxy groups -OCH3 is 2. The van der Waals surface area contributed by atoms with Gasteiger partial charge in [0.05, 0.1) is 25.3 Å². The average molecular weight is 400 g/mol. The molecule has 0 atom stereocenters. The molecule has 0 unspecified atom stereocenters. The predicted molar refractivity (Wildman–Crippen MR) is 121 cm³/mol. The highest BCUT2D eigenvalue weighted by Crippen LogP contribution is 2.38. The topological polar surface area (TPSA) is 52.6 Å². The molecule has 0 heterocycles. The molecule has 0 N–H and O–H groups in total. The summed E-state index contributed by atoms with van der Waals surface area (Å²) in [6.45, 7) is 7.97. The number of hydrogen-bond donors (Lipinski definition) is 0. The predicted octanol–water partition coefficient (Wildman–Crippen LogP) is 5.95. The molecule has 0 bridgehead atoms. The number of aryl methyl sites for hydroxylation is 4. The van der Waals surface area contributed by atoms with Crippen LogP contribution in [0.1, 0.15) is 43.0 Å². The molecule has 4 nitrogen and oxygen atoms in total. The van der Waals surface area contributed by atoms with Crippen LogP contribution >= 0.6 is 0 Å². The molecule has 0 aromatic heterocycles. The van der Waals surface area contributed by atoms with E-state index in [4.69, 9.17) is 9.47 Å². The van der Waals surface area contributed by atoms with Crippen molar-refractivity contribution in [2.45, 2.75) is 27.7 Å². The van der Waals surface area contributed by atoms with Gasteiger partial charge < -0.3 is 9.47 Å². The summed E-state index contributed by atoms with van der Waals surface area (Å²) in [4.78, 5) is 25.2. The van der Waals surface area contributed by atoms with Gasteiger partial charge in [0.15, 0.2) is 0 Å². The Kier molecular flexibility index (Phi) is 4.73. The number of carbonyl (C=O) groups is 2. The summed E-state index contributed by atoms with van der Waals surface area (Å²) < 4.78 is 10.00. The highest BCUT2D eigenvalue weighted by atomic mass is 16.5. The minimum Gasteiger partial charge on any atom is -0.465 e. The summed E-state index contributed by atoms with van der Waals surface area (Å²) in [6, 6.07) is 12.6. The van der Waals surface area contributed by atoms with Gasteiger partial charge in [0, 0.05) is 0 Å². The van der Waals surface area contributed by atoms with Crippen molar-refractivity contribution < 1.29 is 19.1 Å². The fourth-order valence-electron chi connectivity index (χ4n) is 4.63. The Hall–Kier alpha value is -3.40. The first kappa shape index (κ1) is 19.9. The molecule has 0 fully saturated rings. The third kappa shape index (κ3) is 2.67. The molecule has 0 aliphatic rings. The van der Waals surface area contributed by atoms with Crippen LogP contribution in [0.5, 0.6) is 0 Å². The number of hydrogen-bond acceptors (Lipinski definition) is 4. The standard InChI is InChI=1S/C26H24O4/c1-13-17-9-7-8-10-18(17)14(2)20-12-22-16(4)24(26(28)30-6)23(25(27)29-5)15(3)21(22)11-19(13)20/h7-12H,1-6H3. The van der Waals surface area contributed by atoms with E-state index in [0.29, 0.717) is 0 Å². The van der Waals surface area contributed by atoms with Gasteiger partial charge in [-0.15, -0.1) is 0 Å². The summed E-state index contributed by atoms with van der Waals surface area (Å²) in [7, 11) is 2.64. The van der Waals surface area contributed by atoms with Crippen molar-refractivity contribution in [2.75, 3.05) is 14.2 Å². The lowest BCUT2D eigenvalue weighted by molar-refractivity contribution is 0.0554. The Morgan fingerprint density at radius 2 is 0.900 bits per heavy atom. The summed E-state index contributed by atoms with van der Waals surface area (Å²) in [6.07, 6.45) is 0. The second-order valence-electron chi connectivity index (χ2n) is 7.72. The van der Waals surface area contributed by atoms with Crippen LogP contribution in [-0.2, 0) is 9.47 Å². The highest BCUT2D eigenvalue weighted by molar-refractivity contribution is 6.16. The third-order valence-electron chi connectivity index (χ3n) is 6.29. The molecule has 30 heavy (non-hydrogen) atoms. The minimum absolute atomic E-state index is 0.267. The molecule has 4 rings (SSSR count). The maximum Gasteiger partial charge on any atom is 0.339 e. The fourth-order valence-corrected chi connectivity index (χ4v) is 4.63. The maximum absolute atomic E-state index is 12.6.